The second kappa shape index (κ2) is 8.16. The van der Waals surface area contributed by atoms with Crippen LogP contribution in [0.15, 0.2) is 35.4 Å². The quantitative estimate of drug-likeness (QED) is 0.492. The van der Waals surface area contributed by atoms with Crippen LogP contribution in [0, 0.1) is 0 Å². The number of pyridine rings is 1. The van der Waals surface area contributed by atoms with Crippen LogP contribution in [0.3, 0.4) is 0 Å². The van der Waals surface area contributed by atoms with Crippen molar-refractivity contribution in [2.24, 2.45) is 0 Å². The van der Waals surface area contributed by atoms with Gasteiger partial charge in [-0.05, 0) is 31.9 Å². The van der Waals surface area contributed by atoms with Crippen molar-refractivity contribution in [3.05, 3.63) is 46.5 Å². The van der Waals surface area contributed by atoms with Gasteiger partial charge < -0.3 is 30.0 Å². The number of ether oxygens (including phenoxy) is 2. The highest BCUT2D eigenvalue weighted by Gasteiger charge is 2.44. The first-order valence-electron chi connectivity index (χ1n) is 10.9. The second-order valence-corrected chi connectivity index (χ2v) is 8.60. The summed E-state index contributed by atoms with van der Waals surface area (Å²) in [5.41, 5.74) is 0.586. The van der Waals surface area contributed by atoms with Crippen LogP contribution in [0.1, 0.15) is 36.2 Å². The van der Waals surface area contributed by atoms with Gasteiger partial charge in [0.25, 0.3) is 11.5 Å². The Labute approximate surface area is 190 Å². The molecule has 33 heavy (non-hydrogen) atoms. The predicted octanol–water partition coefficient (Wildman–Crippen LogP) is 1.54. The lowest BCUT2D eigenvalue weighted by molar-refractivity contribution is -0.0828. The number of methoxy groups -OCH3 is 1. The molecule has 0 aromatic carbocycles. The number of rotatable bonds is 7. The van der Waals surface area contributed by atoms with E-state index >= 15 is 0 Å². The third-order valence-corrected chi connectivity index (χ3v) is 6.66. The summed E-state index contributed by atoms with van der Waals surface area (Å²) in [5, 5.41) is 13.5. The summed E-state index contributed by atoms with van der Waals surface area (Å²) in [6, 6.07) is 5.21. The van der Waals surface area contributed by atoms with Crippen LogP contribution in [0.4, 0.5) is 17.3 Å². The van der Waals surface area contributed by atoms with Crippen LogP contribution < -0.4 is 21.5 Å². The van der Waals surface area contributed by atoms with E-state index in [4.69, 9.17) is 9.47 Å². The van der Waals surface area contributed by atoms with Gasteiger partial charge >= 0.3 is 0 Å². The highest BCUT2D eigenvalue weighted by Crippen LogP contribution is 2.35. The Balaban J connectivity index is 1.46. The normalized spacial score (nSPS) is 22.5. The van der Waals surface area contributed by atoms with Crippen LogP contribution in [0.25, 0.3) is 5.65 Å². The first-order chi connectivity index (χ1) is 15.9. The molecular weight excluding hydrogens is 426 g/mol. The summed E-state index contributed by atoms with van der Waals surface area (Å²) in [4.78, 5) is 30.6. The zero-order valence-electron chi connectivity index (χ0n) is 18.8. The third-order valence-electron chi connectivity index (χ3n) is 6.66. The summed E-state index contributed by atoms with van der Waals surface area (Å²) in [5.74, 6) is 0.777. The SMILES string of the molecule is CNc1cc(Nc2cccn(C3COC3)c2=O)nc2c(C(=O)N[C@H]3CC[C@]3(C)OC)cnn12. The van der Waals surface area contributed by atoms with E-state index in [1.54, 1.807) is 41.6 Å². The predicted molar refractivity (Wildman–Crippen MR) is 122 cm³/mol. The number of carbonyl (C=O) groups excluding carboxylic acids is 1. The Morgan fingerprint density at radius 1 is 1.36 bits per heavy atom. The smallest absolute Gasteiger partial charge is 0.274 e. The molecule has 0 unspecified atom stereocenters. The van der Waals surface area contributed by atoms with Crippen molar-refractivity contribution in [1.82, 2.24) is 24.5 Å². The van der Waals surface area contributed by atoms with Crippen LogP contribution >= 0.6 is 0 Å². The van der Waals surface area contributed by atoms with Crippen LogP contribution in [0.5, 0.6) is 0 Å². The zero-order valence-corrected chi connectivity index (χ0v) is 18.8. The number of nitrogens with one attached hydrogen (secondary N) is 3. The minimum atomic E-state index is -0.367. The highest BCUT2D eigenvalue weighted by atomic mass is 16.5. The summed E-state index contributed by atoms with van der Waals surface area (Å²) in [6.07, 6.45) is 4.99. The van der Waals surface area contributed by atoms with Gasteiger partial charge in [0.05, 0.1) is 37.1 Å². The fourth-order valence-electron chi connectivity index (χ4n) is 4.18. The lowest BCUT2D eigenvalue weighted by atomic mass is 9.76. The molecule has 1 saturated heterocycles. The van der Waals surface area contributed by atoms with Gasteiger partial charge in [-0.2, -0.15) is 9.61 Å². The Morgan fingerprint density at radius 3 is 2.82 bits per heavy atom. The van der Waals surface area contributed by atoms with E-state index in [1.807, 2.05) is 13.0 Å². The molecule has 5 rings (SSSR count). The Kier molecular flexibility index (Phi) is 5.29. The van der Waals surface area contributed by atoms with E-state index in [2.05, 4.69) is 26.0 Å². The van der Waals surface area contributed by atoms with Crippen LogP contribution in [-0.4, -0.2) is 64.1 Å². The number of nitrogens with zero attached hydrogens (tertiary/aromatic N) is 4. The molecule has 3 aromatic heterocycles. The van der Waals surface area contributed by atoms with Crippen molar-refractivity contribution in [1.29, 1.82) is 0 Å². The standard InChI is InChI=1S/C22H27N7O4/c1-22(32-3)7-6-16(22)26-20(30)14-10-24-29-18(23-2)9-17(27-19(14)29)25-15-5-4-8-28(21(15)31)13-11-33-12-13/h4-5,8-10,13,16,23H,6-7,11-12H2,1-3H3,(H,25,27)(H,26,30)/t16-,22-/m0/s1. The monoisotopic (exact) mass is 453 g/mol. The summed E-state index contributed by atoms with van der Waals surface area (Å²) in [7, 11) is 3.41. The van der Waals surface area contributed by atoms with Crippen LogP contribution in [0.2, 0.25) is 0 Å². The first-order valence-corrected chi connectivity index (χ1v) is 10.9. The van der Waals surface area contributed by atoms with Gasteiger partial charge in [-0.15, -0.1) is 0 Å². The van der Waals surface area contributed by atoms with E-state index in [0.717, 1.165) is 12.8 Å². The number of carbonyl (C=O) groups is 1. The Hall–Kier alpha value is -3.44. The lowest BCUT2D eigenvalue weighted by Gasteiger charge is -2.45. The minimum absolute atomic E-state index is 0.0389. The molecule has 11 heteroatoms. The minimum Gasteiger partial charge on any atom is -0.377 e. The molecule has 1 amide bonds. The molecule has 1 aliphatic heterocycles. The van der Waals surface area contributed by atoms with Crippen molar-refractivity contribution in [3.63, 3.8) is 0 Å². The number of hydrogen-bond donors (Lipinski definition) is 3. The highest BCUT2D eigenvalue weighted by molar-refractivity contribution is 6.00. The maximum absolute atomic E-state index is 13.0. The molecule has 0 radical (unpaired) electrons. The van der Waals surface area contributed by atoms with Gasteiger partial charge in [0.1, 0.15) is 22.9 Å². The molecule has 11 nitrogen and oxygen atoms in total. The molecule has 3 aromatic rings. The molecular formula is C22H27N7O4. The van der Waals surface area contributed by atoms with Crippen LogP contribution in [-0.2, 0) is 9.47 Å². The molecule has 1 saturated carbocycles. The number of hydrogen-bond acceptors (Lipinski definition) is 8. The molecule has 2 atom stereocenters. The molecule has 4 heterocycles. The molecule has 2 fully saturated rings. The average molecular weight is 454 g/mol. The number of fused-ring (bicyclic) bond motifs is 1. The molecule has 174 valence electrons. The Morgan fingerprint density at radius 2 is 2.18 bits per heavy atom. The molecule has 2 aliphatic rings. The van der Waals surface area contributed by atoms with E-state index < -0.39 is 0 Å². The van der Waals surface area contributed by atoms with Gasteiger partial charge in [-0.25, -0.2) is 4.98 Å². The topological polar surface area (TPSA) is 124 Å². The summed E-state index contributed by atoms with van der Waals surface area (Å²) in [6.45, 7) is 3.03. The molecule has 0 bridgehead atoms. The number of anilines is 3. The average Bonchev–Trinajstić information content (AvgIpc) is 3.21. The van der Waals surface area contributed by atoms with E-state index in [0.29, 0.717) is 41.7 Å². The zero-order chi connectivity index (χ0) is 23.2. The third kappa shape index (κ3) is 3.62. The maximum atomic E-state index is 13.0. The van der Waals surface area contributed by atoms with Gasteiger partial charge in [0.2, 0.25) is 0 Å². The fourth-order valence-corrected chi connectivity index (χ4v) is 4.18. The first kappa shape index (κ1) is 21.4. The molecule has 3 N–H and O–H groups in total. The molecule has 0 spiro atoms. The number of aromatic nitrogens is 4. The van der Waals surface area contributed by atoms with Crippen molar-refractivity contribution >= 4 is 28.9 Å². The largest absolute Gasteiger partial charge is 0.377 e. The van der Waals surface area contributed by atoms with Crippen molar-refractivity contribution < 1.29 is 14.3 Å². The van der Waals surface area contributed by atoms with Gasteiger partial charge in [0.15, 0.2) is 5.65 Å². The van der Waals surface area contributed by atoms with Crippen molar-refractivity contribution in [2.45, 2.75) is 37.5 Å². The lowest BCUT2D eigenvalue weighted by Crippen LogP contribution is -2.59. The fraction of sp³-hybridized carbons (Fsp3) is 0.455. The number of amides is 1. The summed E-state index contributed by atoms with van der Waals surface area (Å²) < 4.78 is 14.0. The second-order valence-electron chi connectivity index (χ2n) is 8.60. The molecule has 1 aliphatic carbocycles. The van der Waals surface area contributed by atoms with Gasteiger partial charge in [-0.3, -0.25) is 9.59 Å². The maximum Gasteiger partial charge on any atom is 0.274 e. The van der Waals surface area contributed by atoms with Gasteiger partial charge in [-0.1, -0.05) is 0 Å². The summed E-state index contributed by atoms with van der Waals surface area (Å²) >= 11 is 0. The van der Waals surface area contributed by atoms with E-state index in [-0.39, 0.29) is 29.2 Å². The Bertz CT molecular complexity index is 1260. The van der Waals surface area contributed by atoms with E-state index in [9.17, 15) is 9.59 Å². The van der Waals surface area contributed by atoms with Crippen molar-refractivity contribution in [3.8, 4) is 0 Å². The van der Waals surface area contributed by atoms with Gasteiger partial charge in [0, 0.05) is 26.4 Å². The van der Waals surface area contributed by atoms with E-state index in [1.165, 1.54) is 6.20 Å². The van der Waals surface area contributed by atoms with Crippen molar-refractivity contribution in [2.75, 3.05) is 38.0 Å².